The monoisotopic (exact) mass is 319 g/mol. The molecule has 2 amide bonds. The van der Waals surface area contributed by atoms with E-state index < -0.39 is 0 Å². The van der Waals surface area contributed by atoms with E-state index in [4.69, 9.17) is 4.74 Å². The summed E-state index contributed by atoms with van der Waals surface area (Å²) < 4.78 is 5.36. The highest BCUT2D eigenvalue weighted by Gasteiger charge is 2.23. The van der Waals surface area contributed by atoms with Gasteiger partial charge in [0.2, 0.25) is 5.91 Å². The van der Waals surface area contributed by atoms with E-state index in [9.17, 15) is 9.59 Å². The minimum atomic E-state index is -0.129. The quantitative estimate of drug-likeness (QED) is 0.862. The van der Waals surface area contributed by atoms with Gasteiger partial charge in [-0.1, -0.05) is 0 Å². The van der Waals surface area contributed by atoms with Gasteiger partial charge >= 0.3 is 0 Å². The fourth-order valence-corrected chi connectivity index (χ4v) is 2.62. The Bertz CT molecular complexity index is 539. The largest absolute Gasteiger partial charge is 0.379 e. The Morgan fingerprint density at radius 2 is 1.74 bits per heavy atom. The van der Waals surface area contributed by atoms with Gasteiger partial charge in [0.25, 0.3) is 5.91 Å². The summed E-state index contributed by atoms with van der Waals surface area (Å²) in [5, 5.41) is 5.73. The molecule has 0 radical (unpaired) electrons. The lowest BCUT2D eigenvalue weighted by Crippen LogP contribution is -2.52. The first-order valence-corrected chi connectivity index (χ1v) is 7.97. The van der Waals surface area contributed by atoms with Crippen LogP contribution >= 0.6 is 0 Å². The maximum atomic E-state index is 12.3. The Hall–Kier alpha value is -1.92. The van der Waals surface area contributed by atoms with Gasteiger partial charge in [0.05, 0.1) is 13.2 Å². The SMILES string of the molecule is CC(=O)Nc1ccc(C(=O)NC(C)C(C)N2CCOCC2)cc1. The maximum Gasteiger partial charge on any atom is 0.251 e. The number of carbonyl (C=O) groups is 2. The summed E-state index contributed by atoms with van der Waals surface area (Å²) in [6.45, 7) is 8.87. The average Bonchev–Trinajstić information content (AvgIpc) is 2.55. The molecule has 1 saturated heterocycles. The number of morpholine rings is 1. The van der Waals surface area contributed by atoms with Crippen LogP contribution in [0.25, 0.3) is 0 Å². The lowest BCUT2D eigenvalue weighted by Gasteiger charge is -2.35. The maximum absolute atomic E-state index is 12.3. The normalized spacial score (nSPS) is 18.0. The Labute approximate surface area is 137 Å². The minimum Gasteiger partial charge on any atom is -0.379 e. The molecule has 23 heavy (non-hydrogen) atoms. The predicted octanol–water partition coefficient (Wildman–Crippen LogP) is 1.48. The number of amides is 2. The molecule has 2 rings (SSSR count). The van der Waals surface area contributed by atoms with Gasteiger partial charge in [0, 0.05) is 43.3 Å². The first kappa shape index (κ1) is 17.4. The van der Waals surface area contributed by atoms with Crippen molar-refractivity contribution in [1.29, 1.82) is 0 Å². The molecule has 1 aromatic rings. The standard InChI is InChI=1S/C17H25N3O3/c1-12(13(2)20-8-10-23-11-9-20)18-17(22)15-4-6-16(7-5-15)19-14(3)21/h4-7,12-13H,8-11H2,1-3H3,(H,18,22)(H,19,21). The van der Waals surface area contributed by atoms with Crippen LogP contribution in [-0.2, 0) is 9.53 Å². The van der Waals surface area contributed by atoms with Gasteiger partial charge in [0.15, 0.2) is 0 Å². The molecule has 1 aliphatic heterocycles. The third kappa shape index (κ3) is 5.04. The van der Waals surface area contributed by atoms with Gasteiger partial charge in [-0.25, -0.2) is 0 Å². The summed E-state index contributed by atoms with van der Waals surface area (Å²) in [5.74, 6) is -0.234. The summed E-state index contributed by atoms with van der Waals surface area (Å²) in [4.78, 5) is 25.7. The van der Waals surface area contributed by atoms with Crippen LogP contribution < -0.4 is 10.6 Å². The van der Waals surface area contributed by atoms with Gasteiger partial charge in [-0.15, -0.1) is 0 Å². The van der Waals surface area contributed by atoms with Gasteiger partial charge in [-0.2, -0.15) is 0 Å². The second-order valence-corrected chi connectivity index (χ2v) is 5.91. The second-order valence-electron chi connectivity index (χ2n) is 5.91. The van der Waals surface area contributed by atoms with E-state index in [-0.39, 0.29) is 23.9 Å². The minimum absolute atomic E-state index is 0.0376. The summed E-state index contributed by atoms with van der Waals surface area (Å²) in [6.07, 6.45) is 0. The van der Waals surface area contributed by atoms with Gasteiger partial charge in [-0.3, -0.25) is 14.5 Å². The number of hydrogen-bond donors (Lipinski definition) is 2. The molecule has 1 aromatic carbocycles. The van der Waals surface area contributed by atoms with Gasteiger partial charge in [0.1, 0.15) is 0 Å². The Morgan fingerprint density at radius 3 is 2.30 bits per heavy atom. The Morgan fingerprint density at radius 1 is 1.13 bits per heavy atom. The van der Waals surface area contributed by atoms with E-state index in [2.05, 4.69) is 22.5 Å². The highest BCUT2D eigenvalue weighted by atomic mass is 16.5. The van der Waals surface area contributed by atoms with Crippen LogP contribution in [0.4, 0.5) is 5.69 Å². The van der Waals surface area contributed by atoms with Crippen LogP contribution in [0, 0.1) is 0 Å². The summed E-state index contributed by atoms with van der Waals surface area (Å²) in [5.41, 5.74) is 1.27. The highest BCUT2D eigenvalue weighted by Crippen LogP contribution is 2.11. The van der Waals surface area contributed by atoms with Crippen molar-refractivity contribution in [2.75, 3.05) is 31.6 Å². The molecule has 2 unspecified atom stereocenters. The number of carbonyl (C=O) groups excluding carboxylic acids is 2. The number of anilines is 1. The van der Waals surface area contributed by atoms with Crippen molar-refractivity contribution in [3.8, 4) is 0 Å². The molecule has 0 aromatic heterocycles. The van der Waals surface area contributed by atoms with Crippen molar-refractivity contribution in [3.05, 3.63) is 29.8 Å². The summed E-state index contributed by atoms with van der Waals surface area (Å²) in [7, 11) is 0. The average molecular weight is 319 g/mol. The number of nitrogens with zero attached hydrogens (tertiary/aromatic N) is 1. The van der Waals surface area contributed by atoms with E-state index in [1.807, 2.05) is 6.92 Å². The lowest BCUT2D eigenvalue weighted by atomic mass is 10.1. The van der Waals surface area contributed by atoms with Crippen molar-refractivity contribution in [2.45, 2.75) is 32.9 Å². The fourth-order valence-electron chi connectivity index (χ4n) is 2.62. The second kappa shape index (κ2) is 8.08. The molecule has 2 atom stereocenters. The smallest absolute Gasteiger partial charge is 0.251 e. The summed E-state index contributed by atoms with van der Waals surface area (Å²) >= 11 is 0. The molecule has 1 aliphatic rings. The molecule has 0 bridgehead atoms. The number of benzene rings is 1. The Balaban J connectivity index is 1.90. The van der Waals surface area contributed by atoms with Crippen LogP contribution in [0.2, 0.25) is 0 Å². The third-order valence-corrected chi connectivity index (χ3v) is 4.17. The number of ether oxygens (including phenoxy) is 1. The molecular formula is C17H25N3O3. The van der Waals surface area contributed by atoms with Crippen molar-refractivity contribution in [2.24, 2.45) is 0 Å². The molecule has 6 heteroatoms. The molecule has 126 valence electrons. The van der Waals surface area contributed by atoms with E-state index in [1.165, 1.54) is 6.92 Å². The fraction of sp³-hybridized carbons (Fsp3) is 0.529. The van der Waals surface area contributed by atoms with E-state index in [0.29, 0.717) is 11.3 Å². The van der Waals surface area contributed by atoms with Crippen molar-refractivity contribution < 1.29 is 14.3 Å². The van der Waals surface area contributed by atoms with Crippen LogP contribution in [0.15, 0.2) is 24.3 Å². The molecule has 1 fully saturated rings. The molecule has 2 N–H and O–H groups in total. The molecule has 0 spiro atoms. The number of hydrogen-bond acceptors (Lipinski definition) is 4. The predicted molar refractivity (Wildman–Crippen MR) is 89.5 cm³/mol. The lowest BCUT2D eigenvalue weighted by molar-refractivity contribution is -0.114. The first-order chi connectivity index (χ1) is 11.0. The Kier molecular flexibility index (Phi) is 6.12. The number of rotatable bonds is 5. The molecular weight excluding hydrogens is 294 g/mol. The van der Waals surface area contributed by atoms with Gasteiger partial charge in [-0.05, 0) is 38.1 Å². The zero-order chi connectivity index (χ0) is 16.8. The topological polar surface area (TPSA) is 70.7 Å². The van der Waals surface area contributed by atoms with E-state index in [1.54, 1.807) is 24.3 Å². The van der Waals surface area contributed by atoms with Gasteiger partial charge < -0.3 is 15.4 Å². The van der Waals surface area contributed by atoms with E-state index >= 15 is 0 Å². The van der Waals surface area contributed by atoms with E-state index in [0.717, 1.165) is 26.3 Å². The van der Waals surface area contributed by atoms with Crippen LogP contribution in [0.5, 0.6) is 0 Å². The van der Waals surface area contributed by atoms with Crippen molar-refractivity contribution >= 4 is 17.5 Å². The van der Waals surface area contributed by atoms with Crippen LogP contribution in [0.3, 0.4) is 0 Å². The van der Waals surface area contributed by atoms with Crippen molar-refractivity contribution in [3.63, 3.8) is 0 Å². The number of nitrogens with one attached hydrogen (secondary N) is 2. The molecule has 0 aliphatic carbocycles. The molecule has 6 nitrogen and oxygen atoms in total. The van der Waals surface area contributed by atoms with Crippen molar-refractivity contribution in [1.82, 2.24) is 10.2 Å². The zero-order valence-electron chi connectivity index (χ0n) is 14.0. The molecule has 1 heterocycles. The van der Waals surface area contributed by atoms with Crippen LogP contribution in [0.1, 0.15) is 31.1 Å². The van der Waals surface area contributed by atoms with Crippen LogP contribution in [-0.4, -0.2) is 55.1 Å². The zero-order valence-corrected chi connectivity index (χ0v) is 14.0. The summed E-state index contributed by atoms with van der Waals surface area (Å²) in [6, 6.07) is 7.18. The first-order valence-electron chi connectivity index (χ1n) is 7.97. The highest BCUT2D eigenvalue weighted by molar-refractivity contribution is 5.95. The third-order valence-electron chi connectivity index (χ3n) is 4.17. The molecule has 0 saturated carbocycles.